The average molecular weight is 452 g/mol. The van der Waals surface area contributed by atoms with E-state index in [2.05, 4.69) is 11.8 Å². The number of aromatic hydroxyl groups is 1. The highest BCUT2D eigenvalue weighted by molar-refractivity contribution is 6.24. The second-order valence-electron chi connectivity index (χ2n) is 8.94. The molecule has 4 rings (SSSR count). The summed E-state index contributed by atoms with van der Waals surface area (Å²) in [5.41, 5.74) is 2.71. The molecule has 0 saturated carbocycles. The number of aliphatic hydroxyl groups is 3. The Labute approximate surface area is 189 Å². The number of primary amides is 1. The normalized spacial score (nSPS) is 26.4. The number of aliphatic hydroxyl groups excluding tert-OH is 2. The maximum atomic E-state index is 13.4. The van der Waals surface area contributed by atoms with Crippen molar-refractivity contribution in [2.45, 2.75) is 24.9 Å². The Bertz CT molecular complexity index is 1230. The summed E-state index contributed by atoms with van der Waals surface area (Å²) in [5.74, 6) is -0.421. The number of phenolic OH excluding ortho intramolecular Hbond substituents is 1. The van der Waals surface area contributed by atoms with Crippen molar-refractivity contribution in [1.82, 2.24) is 4.90 Å². The first-order chi connectivity index (χ1) is 15.5. The van der Waals surface area contributed by atoms with E-state index in [-0.39, 0.29) is 36.1 Å². The lowest BCUT2D eigenvalue weighted by Gasteiger charge is -2.45. The smallest absolute Gasteiger partial charge is 0.255 e. The topological polar surface area (TPSA) is 161 Å². The van der Waals surface area contributed by atoms with E-state index < -0.39 is 52.0 Å². The van der Waals surface area contributed by atoms with Crippen molar-refractivity contribution in [1.29, 1.82) is 0 Å². The van der Waals surface area contributed by atoms with Gasteiger partial charge in [0.2, 0.25) is 5.78 Å². The predicted octanol–water partition coefficient (Wildman–Crippen LogP) is 0.494. The molecule has 1 aromatic carbocycles. The fraction of sp³-hybridized carbons (Fsp3) is 0.375. The van der Waals surface area contributed by atoms with Gasteiger partial charge in [-0.15, -0.1) is 0 Å². The SMILES string of the molecule is CN(C)CC#Cc1ccc(O)c2c1CC1CC3CC(O)=C(C(N)=O)C(=O)[C@@]3(O)C(O)=C1C2=O. The van der Waals surface area contributed by atoms with Gasteiger partial charge in [-0.3, -0.25) is 19.3 Å². The molecule has 2 unspecified atom stereocenters. The lowest BCUT2D eigenvalue weighted by Crippen LogP contribution is -2.57. The molecule has 0 saturated heterocycles. The van der Waals surface area contributed by atoms with E-state index in [9.17, 15) is 34.8 Å². The number of hydrogen-bond donors (Lipinski definition) is 5. The number of rotatable bonds is 2. The minimum atomic E-state index is -2.56. The quantitative estimate of drug-likeness (QED) is 0.320. The molecule has 6 N–H and O–H groups in total. The molecule has 33 heavy (non-hydrogen) atoms. The van der Waals surface area contributed by atoms with Crippen molar-refractivity contribution in [2.75, 3.05) is 20.6 Å². The van der Waals surface area contributed by atoms with E-state index in [1.54, 1.807) is 6.07 Å². The third-order valence-corrected chi connectivity index (χ3v) is 6.56. The molecule has 3 atom stereocenters. The molecule has 0 bridgehead atoms. The Morgan fingerprint density at radius 2 is 1.91 bits per heavy atom. The maximum Gasteiger partial charge on any atom is 0.255 e. The van der Waals surface area contributed by atoms with E-state index in [0.717, 1.165) is 0 Å². The molecule has 172 valence electrons. The van der Waals surface area contributed by atoms with Crippen molar-refractivity contribution in [3.8, 4) is 17.6 Å². The van der Waals surface area contributed by atoms with Crippen LogP contribution in [0.2, 0.25) is 0 Å². The van der Waals surface area contributed by atoms with Gasteiger partial charge in [-0.1, -0.05) is 11.8 Å². The molecule has 0 heterocycles. The molecule has 9 nitrogen and oxygen atoms in total. The van der Waals surface area contributed by atoms with E-state index in [1.165, 1.54) is 6.07 Å². The number of ketones is 2. The number of amides is 1. The summed E-state index contributed by atoms with van der Waals surface area (Å²) in [5, 5.41) is 42.8. The largest absolute Gasteiger partial charge is 0.511 e. The molecule has 0 fully saturated rings. The van der Waals surface area contributed by atoms with Crippen LogP contribution in [0.1, 0.15) is 34.3 Å². The number of benzene rings is 1. The first-order valence-corrected chi connectivity index (χ1v) is 10.4. The first-order valence-electron chi connectivity index (χ1n) is 10.4. The lowest BCUT2D eigenvalue weighted by atomic mass is 9.60. The number of fused-ring (bicyclic) bond motifs is 3. The lowest BCUT2D eigenvalue weighted by molar-refractivity contribution is -0.144. The van der Waals surface area contributed by atoms with Crippen LogP contribution in [0.5, 0.6) is 5.75 Å². The summed E-state index contributed by atoms with van der Waals surface area (Å²) < 4.78 is 0. The molecule has 1 aromatic rings. The summed E-state index contributed by atoms with van der Waals surface area (Å²) in [6.45, 7) is 0.490. The third-order valence-electron chi connectivity index (χ3n) is 6.56. The summed E-state index contributed by atoms with van der Waals surface area (Å²) in [6.07, 6.45) is 0.0584. The molecule has 0 radical (unpaired) electrons. The number of allylic oxidation sites excluding steroid dienone is 2. The Balaban J connectivity index is 1.85. The second kappa shape index (κ2) is 7.76. The van der Waals surface area contributed by atoms with Gasteiger partial charge in [0.25, 0.3) is 5.91 Å². The van der Waals surface area contributed by atoms with Gasteiger partial charge in [0.05, 0.1) is 12.1 Å². The third kappa shape index (κ3) is 3.30. The maximum absolute atomic E-state index is 13.4. The molecule has 3 aliphatic carbocycles. The van der Waals surface area contributed by atoms with Crippen LogP contribution < -0.4 is 5.73 Å². The minimum absolute atomic E-state index is 0.0386. The van der Waals surface area contributed by atoms with Crippen LogP contribution >= 0.6 is 0 Å². The average Bonchev–Trinajstić information content (AvgIpc) is 2.71. The second-order valence-corrected chi connectivity index (χ2v) is 8.94. The van der Waals surface area contributed by atoms with Gasteiger partial charge in [-0.05, 0) is 50.6 Å². The van der Waals surface area contributed by atoms with Gasteiger partial charge in [0, 0.05) is 23.5 Å². The van der Waals surface area contributed by atoms with Crippen LogP contribution in [0.25, 0.3) is 0 Å². The van der Waals surface area contributed by atoms with E-state index in [0.29, 0.717) is 17.7 Å². The van der Waals surface area contributed by atoms with E-state index in [4.69, 9.17) is 5.73 Å². The van der Waals surface area contributed by atoms with Gasteiger partial charge in [-0.25, -0.2) is 0 Å². The predicted molar refractivity (Wildman–Crippen MR) is 116 cm³/mol. The number of carbonyl (C=O) groups excluding carboxylic acids is 3. The molecule has 3 aliphatic rings. The zero-order valence-corrected chi connectivity index (χ0v) is 18.2. The number of nitrogens with two attached hydrogens (primary N) is 1. The summed E-state index contributed by atoms with van der Waals surface area (Å²) >= 11 is 0. The number of carbonyl (C=O) groups is 3. The first kappa shape index (κ1) is 22.6. The standard InChI is InChI=1S/C24H24N2O7/c1-26(2)7-3-4-11-5-6-15(27)18-14(11)9-12-8-13-10-16(28)19(23(25)32)22(31)24(13,33)21(30)17(12)20(18)29/h5-6,12-13,27-28,30,33H,7-10H2,1-2H3,(H2,25,32)/t12?,13?,24-/m0/s1. The summed E-state index contributed by atoms with van der Waals surface area (Å²) in [6, 6.07) is 2.96. The summed E-state index contributed by atoms with van der Waals surface area (Å²) in [4.78, 5) is 39.9. The molecular weight excluding hydrogens is 428 g/mol. The van der Waals surface area contributed by atoms with Gasteiger partial charge in [-0.2, -0.15) is 0 Å². The zero-order chi connectivity index (χ0) is 24.2. The Morgan fingerprint density at radius 3 is 2.55 bits per heavy atom. The van der Waals surface area contributed by atoms with Crippen LogP contribution in [-0.4, -0.2) is 69.0 Å². The summed E-state index contributed by atoms with van der Waals surface area (Å²) in [7, 11) is 3.74. The Hall–Kier alpha value is -3.61. The monoisotopic (exact) mass is 452 g/mol. The van der Waals surface area contributed by atoms with Gasteiger partial charge >= 0.3 is 0 Å². The fourth-order valence-electron chi connectivity index (χ4n) is 5.03. The van der Waals surface area contributed by atoms with Crippen LogP contribution in [0.4, 0.5) is 0 Å². The number of hydrogen-bond acceptors (Lipinski definition) is 8. The highest BCUT2D eigenvalue weighted by Crippen LogP contribution is 2.51. The Kier molecular flexibility index (Phi) is 5.31. The van der Waals surface area contributed by atoms with Crippen LogP contribution in [-0.2, 0) is 16.0 Å². The van der Waals surface area contributed by atoms with Gasteiger partial charge in [0.1, 0.15) is 22.8 Å². The van der Waals surface area contributed by atoms with Crippen molar-refractivity contribution in [3.63, 3.8) is 0 Å². The van der Waals surface area contributed by atoms with Crippen LogP contribution in [0.3, 0.4) is 0 Å². The zero-order valence-electron chi connectivity index (χ0n) is 18.2. The fourth-order valence-corrected chi connectivity index (χ4v) is 5.03. The highest BCUT2D eigenvalue weighted by atomic mass is 16.3. The van der Waals surface area contributed by atoms with Crippen molar-refractivity contribution < 1.29 is 34.8 Å². The minimum Gasteiger partial charge on any atom is -0.511 e. The number of nitrogens with zero attached hydrogens (tertiary/aromatic N) is 1. The molecule has 0 aromatic heterocycles. The van der Waals surface area contributed by atoms with Gasteiger partial charge < -0.3 is 26.2 Å². The Morgan fingerprint density at radius 1 is 1.21 bits per heavy atom. The molecule has 0 spiro atoms. The number of Topliss-reactive ketones (excluding diaryl/α,β-unsaturated/α-hetero) is 2. The van der Waals surface area contributed by atoms with Crippen molar-refractivity contribution >= 4 is 17.5 Å². The van der Waals surface area contributed by atoms with Crippen molar-refractivity contribution in [3.05, 3.63) is 51.5 Å². The number of phenols is 1. The van der Waals surface area contributed by atoms with E-state index >= 15 is 0 Å². The van der Waals surface area contributed by atoms with Crippen LogP contribution in [0.15, 0.2) is 34.8 Å². The van der Waals surface area contributed by atoms with E-state index in [1.807, 2.05) is 19.0 Å². The van der Waals surface area contributed by atoms with Crippen molar-refractivity contribution in [2.24, 2.45) is 17.6 Å². The highest BCUT2D eigenvalue weighted by Gasteiger charge is 2.59. The van der Waals surface area contributed by atoms with Gasteiger partial charge in [0.15, 0.2) is 11.4 Å². The molecule has 9 heteroatoms. The molecular formula is C24H24N2O7. The molecule has 0 aliphatic heterocycles. The molecule has 1 amide bonds. The van der Waals surface area contributed by atoms with Crippen LogP contribution in [0, 0.1) is 23.7 Å².